The van der Waals surface area contributed by atoms with Gasteiger partial charge in [-0.15, -0.1) is 0 Å². The van der Waals surface area contributed by atoms with Gasteiger partial charge in [0.1, 0.15) is 0 Å². The molecule has 0 spiro atoms. The van der Waals surface area contributed by atoms with E-state index in [0.717, 1.165) is 5.39 Å². The molecule has 0 N–H and O–H groups in total. The molecule has 0 bridgehead atoms. The van der Waals surface area contributed by atoms with Crippen LogP contribution >= 0.6 is 0 Å². The predicted octanol–water partition coefficient (Wildman–Crippen LogP) is 4.64. The van der Waals surface area contributed by atoms with Crippen molar-refractivity contribution in [3.05, 3.63) is 76.0 Å². The Morgan fingerprint density at radius 3 is 2.80 bits per heavy atom. The Balaban J connectivity index is 1.90. The summed E-state index contributed by atoms with van der Waals surface area (Å²) < 4.78 is 11.1. The van der Waals surface area contributed by atoms with Crippen molar-refractivity contribution in [1.29, 1.82) is 0 Å². The van der Waals surface area contributed by atoms with Crippen LogP contribution in [0, 0.1) is 10.1 Å². The number of para-hydroxylation sites is 2. The van der Waals surface area contributed by atoms with Crippen LogP contribution in [0.1, 0.15) is 23.0 Å². The number of fused-ring (bicyclic) bond motifs is 1. The lowest BCUT2D eigenvalue weighted by atomic mass is 10.1. The van der Waals surface area contributed by atoms with Crippen LogP contribution < -0.4 is 4.74 Å². The van der Waals surface area contributed by atoms with Crippen molar-refractivity contribution in [2.45, 2.75) is 6.92 Å². The standard InChI is InChI=1S/C19H15NO5/c1-2-24-17-9-5-7-14-12-18(25-19(14)17)16(21)11-10-13-6-3-4-8-15(13)20(22)23/h3-12H,2H2,1H3/b11-10+. The van der Waals surface area contributed by atoms with Gasteiger partial charge in [0.2, 0.25) is 5.78 Å². The molecule has 0 atom stereocenters. The van der Waals surface area contributed by atoms with Gasteiger partial charge in [-0.05, 0) is 37.3 Å². The Morgan fingerprint density at radius 2 is 2.04 bits per heavy atom. The van der Waals surface area contributed by atoms with Gasteiger partial charge >= 0.3 is 0 Å². The number of furan rings is 1. The molecule has 126 valence electrons. The van der Waals surface area contributed by atoms with E-state index in [1.54, 1.807) is 30.3 Å². The summed E-state index contributed by atoms with van der Waals surface area (Å²) in [6.07, 6.45) is 2.68. The summed E-state index contributed by atoms with van der Waals surface area (Å²) in [6.45, 7) is 2.35. The zero-order chi connectivity index (χ0) is 17.8. The highest BCUT2D eigenvalue weighted by atomic mass is 16.6. The van der Waals surface area contributed by atoms with Crippen LogP contribution in [0.15, 0.2) is 59.0 Å². The topological polar surface area (TPSA) is 82.6 Å². The molecular weight excluding hydrogens is 322 g/mol. The Labute approximate surface area is 143 Å². The fraction of sp³-hybridized carbons (Fsp3) is 0.105. The number of rotatable bonds is 6. The molecular formula is C19H15NO5. The zero-order valence-electron chi connectivity index (χ0n) is 13.5. The number of nitro groups is 1. The quantitative estimate of drug-likeness (QED) is 0.283. The molecule has 6 nitrogen and oxygen atoms in total. The average Bonchev–Trinajstić information content (AvgIpc) is 3.05. The van der Waals surface area contributed by atoms with Crippen LogP contribution in [0.4, 0.5) is 5.69 Å². The number of carbonyl (C=O) groups excluding carboxylic acids is 1. The minimum Gasteiger partial charge on any atom is -0.490 e. The second-order valence-corrected chi connectivity index (χ2v) is 5.23. The van der Waals surface area contributed by atoms with Crippen molar-refractivity contribution in [2.24, 2.45) is 0 Å². The monoisotopic (exact) mass is 337 g/mol. The molecule has 0 amide bonds. The lowest BCUT2D eigenvalue weighted by molar-refractivity contribution is -0.385. The minimum atomic E-state index is -0.486. The highest BCUT2D eigenvalue weighted by Gasteiger charge is 2.14. The molecule has 2 aromatic carbocycles. The number of carbonyl (C=O) groups is 1. The molecule has 3 rings (SSSR count). The van der Waals surface area contributed by atoms with Crippen LogP contribution in [-0.4, -0.2) is 17.3 Å². The van der Waals surface area contributed by atoms with E-state index in [-0.39, 0.29) is 17.2 Å². The molecule has 0 saturated carbocycles. The van der Waals surface area contributed by atoms with E-state index in [4.69, 9.17) is 9.15 Å². The first-order valence-electron chi connectivity index (χ1n) is 7.71. The maximum atomic E-state index is 12.3. The van der Waals surface area contributed by atoms with E-state index in [1.807, 2.05) is 19.1 Å². The van der Waals surface area contributed by atoms with Gasteiger partial charge in [0.15, 0.2) is 17.1 Å². The van der Waals surface area contributed by atoms with E-state index < -0.39 is 4.92 Å². The van der Waals surface area contributed by atoms with E-state index in [2.05, 4.69) is 0 Å². The summed E-state index contributed by atoms with van der Waals surface area (Å²) in [5, 5.41) is 11.8. The van der Waals surface area contributed by atoms with Crippen LogP contribution in [-0.2, 0) is 0 Å². The van der Waals surface area contributed by atoms with Crippen molar-refractivity contribution < 1.29 is 18.9 Å². The first-order valence-corrected chi connectivity index (χ1v) is 7.71. The maximum Gasteiger partial charge on any atom is 0.276 e. The third kappa shape index (κ3) is 3.42. The molecule has 0 aliphatic rings. The molecule has 0 aliphatic heterocycles. The summed E-state index contributed by atoms with van der Waals surface area (Å²) in [4.78, 5) is 22.9. The van der Waals surface area contributed by atoms with Gasteiger partial charge in [0.25, 0.3) is 5.69 Å². The second kappa shape index (κ2) is 7.00. The molecule has 1 aromatic heterocycles. The Kier molecular flexibility index (Phi) is 4.61. The maximum absolute atomic E-state index is 12.3. The van der Waals surface area contributed by atoms with Crippen molar-refractivity contribution in [3.63, 3.8) is 0 Å². The molecule has 1 heterocycles. The van der Waals surface area contributed by atoms with Gasteiger partial charge in [0.05, 0.1) is 17.1 Å². The number of allylic oxidation sites excluding steroid dienone is 1. The molecule has 0 saturated heterocycles. The first kappa shape index (κ1) is 16.4. The highest BCUT2D eigenvalue weighted by molar-refractivity contribution is 6.07. The number of nitro benzene ring substituents is 1. The lowest BCUT2D eigenvalue weighted by Gasteiger charge is -2.01. The SMILES string of the molecule is CCOc1cccc2cc(C(=O)/C=C/c3ccccc3[N+](=O)[O-])oc12. The fourth-order valence-corrected chi connectivity index (χ4v) is 2.47. The molecule has 0 unspecified atom stereocenters. The number of hydrogen-bond donors (Lipinski definition) is 0. The largest absolute Gasteiger partial charge is 0.490 e. The Bertz CT molecular complexity index is 971. The third-order valence-electron chi connectivity index (χ3n) is 3.60. The molecule has 25 heavy (non-hydrogen) atoms. The minimum absolute atomic E-state index is 0.0604. The van der Waals surface area contributed by atoms with Crippen molar-refractivity contribution >= 4 is 28.5 Å². The summed E-state index contributed by atoms with van der Waals surface area (Å²) in [6, 6.07) is 13.3. The molecule has 0 aliphatic carbocycles. The first-order chi connectivity index (χ1) is 12.1. The summed E-state index contributed by atoms with van der Waals surface area (Å²) >= 11 is 0. The van der Waals surface area contributed by atoms with E-state index in [9.17, 15) is 14.9 Å². The van der Waals surface area contributed by atoms with Gasteiger partial charge in [0, 0.05) is 11.5 Å². The van der Waals surface area contributed by atoms with Gasteiger partial charge in [-0.2, -0.15) is 0 Å². The summed E-state index contributed by atoms with van der Waals surface area (Å²) in [7, 11) is 0. The van der Waals surface area contributed by atoms with Crippen LogP contribution in [0.2, 0.25) is 0 Å². The zero-order valence-corrected chi connectivity index (χ0v) is 13.5. The fourth-order valence-electron chi connectivity index (χ4n) is 2.47. The number of benzene rings is 2. The normalized spacial score (nSPS) is 11.1. The second-order valence-electron chi connectivity index (χ2n) is 5.23. The van der Waals surface area contributed by atoms with Gasteiger partial charge in [-0.3, -0.25) is 14.9 Å². The van der Waals surface area contributed by atoms with E-state index in [1.165, 1.54) is 18.2 Å². The van der Waals surface area contributed by atoms with Crippen molar-refractivity contribution in [2.75, 3.05) is 6.61 Å². The molecule has 0 fully saturated rings. The number of hydrogen-bond acceptors (Lipinski definition) is 5. The third-order valence-corrected chi connectivity index (χ3v) is 3.60. The molecule has 3 aromatic rings. The van der Waals surface area contributed by atoms with Crippen LogP contribution in [0.25, 0.3) is 17.0 Å². The van der Waals surface area contributed by atoms with Gasteiger partial charge in [-0.1, -0.05) is 24.3 Å². The van der Waals surface area contributed by atoms with Crippen LogP contribution in [0.3, 0.4) is 0 Å². The number of ketones is 1. The average molecular weight is 337 g/mol. The highest BCUT2D eigenvalue weighted by Crippen LogP contribution is 2.29. The van der Waals surface area contributed by atoms with E-state index >= 15 is 0 Å². The van der Waals surface area contributed by atoms with E-state index in [0.29, 0.717) is 23.5 Å². The Morgan fingerprint density at radius 1 is 1.24 bits per heavy atom. The van der Waals surface area contributed by atoms with Gasteiger partial charge < -0.3 is 9.15 Å². The molecule has 6 heteroatoms. The molecule has 0 radical (unpaired) electrons. The number of ether oxygens (including phenoxy) is 1. The van der Waals surface area contributed by atoms with Gasteiger partial charge in [-0.25, -0.2) is 0 Å². The number of nitrogens with zero attached hydrogens (tertiary/aromatic N) is 1. The van der Waals surface area contributed by atoms with Crippen molar-refractivity contribution in [1.82, 2.24) is 0 Å². The Hall–Kier alpha value is -3.41. The summed E-state index contributed by atoms with van der Waals surface area (Å²) in [5.41, 5.74) is 0.800. The lowest BCUT2D eigenvalue weighted by Crippen LogP contribution is -1.93. The van der Waals surface area contributed by atoms with Crippen LogP contribution in [0.5, 0.6) is 5.75 Å². The van der Waals surface area contributed by atoms with Crippen molar-refractivity contribution in [3.8, 4) is 5.75 Å². The smallest absolute Gasteiger partial charge is 0.276 e. The predicted molar refractivity (Wildman–Crippen MR) is 93.8 cm³/mol. The summed E-state index contributed by atoms with van der Waals surface area (Å²) in [5.74, 6) is 0.343.